The largest absolute Gasteiger partial charge is 0.377 e. The maximum absolute atomic E-state index is 10.9. The van der Waals surface area contributed by atoms with Crippen molar-refractivity contribution in [1.29, 1.82) is 0 Å². The molecule has 4 nitrogen and oxygen atoms in total. The van der Waals surface area contributed by atoms with Gasteiger partial charge in [-0.3, -0.25) is 0 Å². The van der Waals surface area contributed by atoms with Gasteiger partial charge >= 0.3 is 6.03 Å². The number of carbonyl (C=O) groups is 1. The van der Waals surface area contributed by atoms with Crippen LogP contribution in [0.4, 0.5) is 4.79 Å². The molecule has 0 aromatic carbocycles. The van der Waals surface area contributed by atoms with Gasteiger partial charge in [-0.05, 0) is 0 Å². The molecule has 1 aliphatic rings. The first-order chi connectivity index (χ1) is 5.75. The van der Waals surface area contributed by atoms with Gasteiger partial charge in [0.05, 0.1) is 19.3 Å². The Morgan fingerprint density at radius 2 is 2.58 bits per heavy atom. The quantitative estimate of drug-likeness (QED) is 0.551. The van der Waals surface area contributed by atoms with Crippen molar-refractivity contribution in [1.82, 2.24) is 4.90 Å². The molecule has 0 aromatic rings. The summed E-state index contributed by atoms with van der Waals surface area (Å²) in [6.45, 7) is 1.58. The molecule has 0 saturated carbocycles. The zero-order chi connectivity index (χ0) is 8.97. The lowest BCUT2D eigenvalue weighted by Crippen LogP contribution is -2.50. The molecule has 1 unspecified atom stereocenters. The van der Waals surface area contributed by atoms with Crippen LogP contribution in [0.1, 0.15) is 6.42 Å². The molecule has 12 heavy (non-hydrogen) atoms. The molecule has 1 fully saturated rings. The van der Waals surface area contributed by atoms with Gasteiger partial charge in [0.1, 0.15) is 0 Å². The number of urea groups is 1. The van der Waals surface area contributed by atoms with Crippen LogP contribution in [0.5, 0.6) is 0 Å². The molecule has 1 atom stereocenters. The number of nitrogens with two attached hydrogens (primary N) is 1. The van der Waals surface area contributed by atoms with Gasteiger partial charge < -0.3 is 15.4 Å². The molecule has 1 rings (SSSR count). The maximum atomic E-state index is 10.9. The fourth-order valence-corrected chi connectivity index (χ4v) is 1.25. The standard InChI is InChI=1S/C8H12N2O2/c1-2-3-7-6-12-5-4-10(7)8(9)11/h1,7H,3-6H2,(H2,9,11). The Bertz CT molecular complexity index is 210. The minimum Gasteiger partial charge on any atom is -0.377 e. The smallest absolute Gasteiger partial charge is 0.315 e. The summed E-state index contributed by atoms with van der Waals surface area (Å²) in [5.74, 6) is 2.49. The maximum Gasteiger partial charge on any atom is 0.315 e. The van der Waals surface area contributed by atoms with Gasteiger partial charge in [0.25, 0.3) is 0 Å². The summed E-state index contributed by atoms with van der Waals surface area (Å²) < 4.78 is 5.17. The molecule has 2 amide bonds. The number of amides is 2. The number of morpholine rings is 1. The van der Waals surface area contributed by atoms with E-state index in [4.69, 9.17) is 16.9 Å². The summed E-state index contributed by atoms with van der Waals surface area (Å²) in [5, 5.41) is 0. The third-order valence-corrected chi connectivity index (χ3v) is 1.86. The van der Waals surface area contributed by atoms with E-state index in [1.165, 1.54) is 0 Å². The average molecular weight is 168 g/mol. The number of terminal acetylenes is 1. The van der Waals surface area contributed by atoms with Gasteiger partial charge in [-0.2, -0.15) is 0 Å². The number of primary amides is 1. The van der Waals surface area contributed by atoms with E-state index in [0.717, 1.165) is 0 Å². The summed E-state index contributed by atoms with van der Waals surface area (Å²) in [4.78, 5) is 12.4. The molecule has 0 aliphatic carbocycles. The van der Waals surface area contributed by atoms with Gasteiger partial charge in [-0.25, -0.2) is 4.79 Å². The summed E-state index contributed by atoms with van der Waals surface area (Å²) >= 11 is 0. The second-order valence-electron chi connectivity index (χ2n) is 2.67. The zero-order valence-electron chi connectivity index (χ0n) is 6.82. The number of nitrogens with zero attached hydrogens (tertiary/aromatic N) is 1. The van der Waals surface area contributed by atoms with Crippen LogP contribution in [0.3, 0.4) is 0 Å². The number of hydrogen-bond donors (Lipinski definition) is 1. The fourth-order valence-electron chi connectivity index (χ4n) is 1.25. The van der Waals surface area contributed by atoms with E-state index in [1.54, 1.807) is 4.90 Å². The molecular weight excluding hydrogens is 156 g/mol. The summed E-state index contributed by atoms with van der Waals surface area (Å²) in [5.41, 5.74) is 5.15. The molecule has 0 radical (unpaired) electrons. The number of carbonyl (C=O) groups excluding carboxylic acids is 1. The van der Waals surface area contributed by atoms with Crippen molar-refractivity contribution in [3.8, 4) is 12.3 Å². The minimum absolute atomic E-state index is 0.0405. The molecule has 66 valence electrons. The van der Waals surface area contributed by atoms with E-state index in [9.17, 15) is 4.79 Å². The molecule has 1 aliphatic heterocycles. The lowest BCUT2D eigenvalue weighted by molar-refractivity contribution is 0.0164. The van der Waals surface area contributed by atoms with E-state index >= 15 is 0 Å². The Morgan fingerprint density at radius 3 is 3.17 bits per heavy atom. The van der Waals surface area contributed by atoms with Crippen molar-refractivity contribution in [2.75, 3.05) is 19.8 Å². The monoisotopic (exact) mass is 168 g/mol. The van der Waals surface area contributed by atoms with Crippen LogP contribution in [0.2, 0.25) is 0 Å². The predicted octanol–water partition coefficient (Wildman–Crippen LogP) is -0.211. The Kier molecular flexibility index (Phi) is 2.94. The minimum atomic E-state index is -0.418. The predicted molar refractivity (Wildman–Crippen MR) is 44.3 cm³/mol. The summed E-state index contributed by atoms with van der Waals surface area (Å²) in [7, 11) is 0. The van der Waals surface area contributed by atoms with E-state index in [1.807, 2.05) is 0 Å². The molecule has 4 heteroatoms. The number of ether oxygens (including phenoxy) is 1. The molecule has 2 N–H and O–H groups in total. The van der Waals surface area contributed by atoms with Crippen LogP contribution in [-0.4, -0.2) is 36.7 Å². The molecule has 1 saturated heterocycles. The van der Waals surface area contributed by atoms with Crippen LogP contribution >= 0.6 is 0 Å². The second kappa shape index (κ2) is 3.98. The van der Waals surface area contributed by atoms with E-state index in [2.05, 4.69) is 5.92 Å². The molecule has 1 heterocycles. The lowest BCUT2D eigenvalue weighted by Gasteiger charge is -2.33. The fraction of sp³-hybridized carbons (Fsp3) is 0.625. The number of hydrogen-bond acceptors (Lipinski definition) is 2. The topological polar surface area (TPSA) is 55.6 Å². The molecular formula is C8H12N2O2. The zero-order valence-corrected chi connectivity index (χ0v) is 6.82. The van der Waals surface area contributed by atoms with Crippen LogP contribution in [-0.2, 0) is 4.74 Å². The van der Waals surface area contributed by atoms with Crippen LogP contribution in [0.15, 0.2) is 0 Å². The third-order valence-electron chi connectivity index (χ3n) is 1.86. The normalized spacial score (nSPS) is 23.2. The Labute approximate surface area is 71.7 Å². The first-order valence-corrected chi connectivity index (χ1v) is 3.83. The molecule has 0 bridgehead atoms. The lowest BCUT2D eigenvalue weighted by atomic mass is 10.2. The Morgan fingerprint density at radius 1 is 1.83 bits per heavy atom. The van der Waals surface area contributed by atoms with Crippen molar-refractivity contribution in [3.63, 3.8) is 0 Å². The second-order valence-corrected chi connectivity index (χ2v) is 2.67. The molecule has 0 spiro atoms. The van der Waals surface area contributed by atoms with E-state index in [0.29, 0.717) is 26.2 Å². The first-order valence-electron chi connectivity index (χ1n) is 3.83. The van der Waals surface area contributed by atoms with Gasteiger partial charge in [-0.1, -0.05) is 0 Å². The van der Waals surface area contributed by atoms with E-state index < -0.39 is 6.03 Å². The van der Waals surface area contributed by atoms with Crippen molar-refractivity contribution in [2.24, 2.45) is 5.73 Å². The summed E-state index contributed by atoms with van der Waals surface area (Å²) in [6.07, 6.45) is 5.64. The molecule has 0 aromatic heterocycles. The highest BCUT2D eigenvalue weighted by Crippen LogP contribution is 2.08. The Balaban J connectivity index is 2.55. The summed E-state index contributed by atoms with van der Waals surface area (Å²) in [6, 6.07) is -0.459. The van der Waals surface area contributed by atoms with Gasteiger partial charge in [-0.15, -0.1) is 12.3 Å². The van der Waals surface area contributed by atoms with Crippen molar-refractivity contribution < 1.29 is 9.53 Å². The highest BCUT2D eigenvalue weighted by Gasteiger charge is 2.24. The SMILES string of the molecule is C#CCC1COCCN1C(N)=O. The van der Waals surface area contributed by atoms with Crippen molar-refractivity contribution in [2.45, 2.75) is 12.5 Å². The van der Waals surface area contributed by atoms with Crippen molar-refractivity contribution >= 4 is 6.03 Å². The van der Waals surface area contributed by atoms with Gasteiger partial charge in [0.15, 0.2) is 0 Å². The average Bonchev–Trinajstić information content (AvgIpc) is 2.05. The van der Waals surface area contributed by atoms with Crippen LogP contribution < -0.4 is 5.73 Å². The third kappa shape index (κ3) is 1.89. The number of rotatable bonds is 1. The van der Waals surface area contributed by atoms with Crippen LogP contribution in [0.25, 0.3) is 0 Å². The Hall–Kier alpha value is -1.21. The van der Waals surface area contributed by atoms with Gasteiger partial charge in [0.2, 0.25) is 0 Å². The van der Waals surface area contributed by atoms with Crippen LogP contribution in [0, 0.1) is 12.3 Å². The first kappa shape index (κ1) is 8.88. The highest BCUT2D eigenvalue weighted by molar-refractivity contribution is 5.72. The highest BCUT2D eigenvalue weighted by atomic mass is 16.5. The van der Waals surface area contributed by atoms with E-state index in [-0.39, 0.29) is 6.04 Å². The van der Waals surface area contributed by atoms with Gasteiger partial charge in [0, 0.05) is 13.0 Å². The van der Waals surface area contributed by atoms with Crippen molar-refractivity contribution in [3.05, 3.63) is 0 Å².